The minimum atomic E-state index is -0.701. The van der Waals surface area contributed by atoms with Crippen LogP contribution in [0.25, 0.3) is 0 Å². The highest BCUT2D eigenvalue weighted by Crippen LogP contribution is 2.25. The predicted octanol–water partition coefficient (Wildman–Crippen LogP) is 6.27. The van der Waals surface area contributed by atoms with Gasteiger partial charge in [-0.2, -0.15) is 0 Å². The van der Waals surface area contributed by atoms with Crippen molar-refractivity contribution in [2.75, 3.05) is 12.8 Å². The summed E-state index contributed by atoms with van der Waals surface area (Å²) < 4.78 is 0. The summed E-state index contributed by atoms with van der Waals surface area (Å²) in [6.07, 6.45) is 0.382. The lowest BCUT2D eigenvalue weighted by Gasteiger charge is -2.31. The molecule has 0 unspecified atom stereocenters. The Labute approximate surface area is 219 Å². The van der Waals surface area contributed by atoms with Gasteiger partial charge in [-0.15, -0.1) is 11.8 Å². The fourth-order valence-corrected chi connectivity index (χ4v) is 5.16. The van der Waals surface area contributed by atoms with Gasteiger partial charge in [0.2, 0.25) is 11.8 Å². The SMILES string of the molecule is CNC(=O)[C@H](Cc1ccccc1)N(Cc1ccc(Cl)cc1Cl)C(=O)CSCc1ccccc1Cl. The third-order valence-electron chi connectivity index (χ3n) is 5.31. The molecule has 0 aliphatic heterocycles. The average Bonchev–Trinajstić information content (AvgIpc) is 2.83. The number of hydrogen-bond donors (Lipinski definition) is 1. The number of nitrogens with zero attached hydrogens (tertiary/aromatic N) is 1. The van der Waals surface area contributed by atoms with Gasteiger partial charge in [-0.05, 0) is 34.9 Å². The van der Waals surface area contributed by atoms with Crippen LogP contribution in [-0.2, 0) is 28.3 Å². The van der Waals surface area contributed by atoms with E-state index in [1.807, 2.05) is 54.6 Å². The molecule has 3 aromatic carbocycles. The average molecular weight is 536 g/mol. The molecule has 2 amide bonds. The molecular formula is C26H25Cl3N2O2S. The summed E-state index contributed by atoms with van der Waals surface area (Å²) >= 11 is 20.2. The van der Waals surface area contributed by atoms with Crippen LogP contribution in [0.2, 0.25) is 15.1 Å². The van der Waals surface area contributed by atoms with E-state index in [0.29, 0.717) is 27.2 Å². The van der Waals surface area contributed by atoms with E-state index in [0.717, 1.165) is 16.7 Å². The first-order valence-electron chi connectivity index (χ1n) is 10.7. The number of halogens is 3. The van der Waals surface area contributed by atoms with Gasteiger partial charge in [0, 0.05) is 40.8 Å². The first kappa shape index (κ1) is 26.4. The number of carbonyl (C=O) groups is 2. The quantitative estimate of drug-likeness (QED) is 0.333. The highest BCUT2D eigenvalue weighted by atomic mass is 35.5. The van der Waals surface area contributed by atoms with Crippen LogP contribution >= 0.6 is 46.6 Å². The molecule has 0 saturated heterocycles. The molecule has 8 heteroatoms. The van der Waals surface area contributed by atoms with Crippen LogP contribution in [0.1, 0.15) is 16.7 Å². The van der Waals surface area contributed by atoms with Crippen LogP contribution in [0.3, 0.4) is 0 Å². The van der Waals surface area contributed by atoms with Crippen molar-refractivity contribution in [2.24, 2.45) is 0 Å². The molecule has 4 nitrogen and oxygen atoms in total. The number of rotatable bonds is 10. The number of thioether (sulfide) groups is 1. The number of amides is 2. The minimum absolute atomic E-state index is 0.160. The monoisotopic (exact) mass is 534 g/mol. The second-order valence-electron chi connectivity index (χ2n) is 7.66. The summed E-state index contributed by atoms with van der Waals surface area (Å²) in [5.41, 5.74) is 2.64. The van der Waals surface area contributed by atoms with E-state index in [1.165, 1.54) is 11.8 Å². The lowest BCUT2D eigenvalue weighted by atomic mass is 10.0. The maximum absolute atomic E-state index is 13.5. The van der Waals surface area contributed by atoms with Gasteiger partial charge < -0.3 is 10.2 Å². The van der Waals surface area contributed by atoms with Crippen molar-refractivity contribution < 1.29 is 9.59 Å². The fraction of sp³-hybridized carbons (Fsp3) is 0.231. The van der Waals surface area contributed by atoms with Crippen LogP contribution in [0.4, 0.5) is 0 Å². The van der Waals surface area contributed by atoms with E-state index >= 15 is 0 Å². The topological polar surface area (TPSA) is 49.4 Å². The molecular weight excluding hydrogens is 511 g/mol. The zero-order valence-electron chi connectivity index (χ0n) is 18.6. The molecule has 178 valence electrons. The summed E-state index contributed by atoms with van der Waals surface area (Å²) in [5, 5.41) is 4.33. The highest BCUT2D eigenvalue weighted by molar-refractivity contribution is 7.99. The van der Waals surface area contributed by atoms with E-state index in [-0.39, 0.29) is 24.1 Å². The van der Waals surface area contributed by atoms with Gasteiger partial charge in [-0.25, -0.2) is 0 Å². The van der Waals surface area contributed by atoms with E-state index in [1.54, 1.807) is 30.1 Å². The second kappa shape index (κ2) is 13.1. The summed E-state index contributed by atoms with van der Waals surface area (Å²) in [4.78, 5) is 28.0. The van der Waals surface area contributed by atoms with E-state index in [2.05, 4.69) is 5.32 Å². The lowest BCUT2D eigenvalue weighted by Crippen LogP contribution is -2.50. The normalized spacial score (nSPS) is 11.6. The van der Waals surface area contributed by atoms with Gasteiger partial charge in [0.15, 0.2) is 0 Å². The molecule has 34 heavy (non-hydrogen) atoms. The minimum Gasteiger partial charge on any atom is -0.357 e. The van der Waals surface area contributed by atoms with Gasteiger partial charge in [0.1, 0.15) is 6.04 Å². The van der Waals surface area contributed by atoms with Crippen molar-refractivity contribution in [1.82, 2.24) is 10.2 Å². The Morgan fingerprint density at radius 1 is 0.912 bits per heavy atom. The number of nitrogens with one attached hydrogen (secondary N) is 1. The number of carbonyl (C=O) groups excluding carboxylic acids is 2. The third-order valence-corrected chi connectivity index (χ3v) is 7.24. The predicted molar refractivity (Wildman–Crippen MR) is 143 cm³/mol. The van der Waals surface area contributed by atoms with Crippen molar-refractivity contribution >= 4 is 58.4 Å². The van der Waals surface area contributed by atoms with Crippen LogP contribution < -0.4 is 5.32 Å². The summed E-state index contributed by atoms with van der Waals surface area (Å²) in [5.74, 6) is 0.384. The molecule has 0 aliphatic rings. The van der Waals surface area contributed by atoms with Gasteiger partial charge in [0.25, 0.3) is 0 Å². The van der Waals surface area contributed by atoms with Crippen LogP contribution in [0.5, 0.6) is 0 Å². The summed E-state index contributed by atoms with van der Waals surface area (Å²) in [6.45, 7) is 0.187. The molecule has 3 rings (SSSR count). The van der Waals surface area contributed by atoms with Gasteiger partial charge in [-0.3, -0.25) is 9.59 Å². The van der Waals surface area contributed by atoms with E-state index in [9.17, 15) is 9.59 Å². The molecule has 0 fully saturated rings. The Balaban J connectivity index is 1.85. The maximum Gasteiger partial charge on any atom is 0.242 e. The molecule has 3 aromatic rings. The Hall–Kier alpha value is -2.18. The van der Waals surface area contributed by atoms with Crippen LogP contribution in [-0.4, -0.2) is 35.6 Å². The first-order valence-corrected chi connectivity index (χ1v) is 13.0. The number of benzene rings is 3. The highest BCUT2D eigenvalue weighted by Gasteiger charge is 2.30. The van der Waals surface area contributed by atoms with Crippen molar-refractivity contribution in [3.63, 3.8) is 0 Å². The molecule has 0 saturated carbocycles. The van der Waals surface area contributed by atoms with Crippen molar-refractivity contribution in [1.29, 1.82) is 0 Å². The largest absolute Gasteiger partial charge is 0.357 e. The van der Waals surface area contributed by atoms with Gasteiger partial charge >= 0.3 is 0 Å². The standard InChI is InChI=1S/C26H25Cl3N2O2S/c1-30-26(33)24(13-18-7-3-2-4-8-18)31(15-19-11-12-21(27)14-23(19)29)25(32)17-34-16-20-9-5-6-10-22(20)28/h2-12,14,24H,13,15-17H2,1H3,(H,30,33)/t24-/m0/s1. The van der Waals surface area contributed by atoms with Crippen molar-refractivity contribution in [2.45, 2.75) is 24.8 Å². The second-order valence-corrected chi connectivity index (χ2v) is 9.90. The van der Waals surface area contributed by atoms with Crippen molar-refractivity contribution in [3.05, 3.63) is 105 Å². The molecule has 0 aromatic heterocycles. The Bertz CT molecular complexity index is 1130. The van der Waals surface area contributed by atoms with E-state index in [4.69, 9.17) is 34.8 Å². The molecule has 0 aliphatic carbocycles. The van der Waals surface area contributed by atoms with Crippen LogP contribution in [0, 0.1) is 0 Å². The molecule has 1 atom stereocenters. The van der Waals surface area contributed by atoms with Crippen LogP contribution in [0.15, 0.2) is 72.8 Å². The fourth-order valence-electron chi connectivity index (χ4n) is 3.50. The molecule has 0 bridgehead atoms. The summed E-state index contributed by atoms with van der Waals surface area (Å²) in [7, 11) is 1.57. The van der Waals surface area contributed by atoms with E-state index < -0.39 is 6.04 Å². The molecule has 0 radical (unpaired) electrons. The Kier molecular flexibility index (Phi) is 10.1. The Morgan fingerprint density at radius 3 is 2.29 bits per heavy atom. The molecule has 0 spiro atoms. The van der Waals surface area contributed by atoms with Gasteiger partial charge in [-0.1, -0.05) is 89.4 Å². The van der Waals surface area contributed by atoms with Crippen molar-refractivity contribution in [3.8, 4) is 0 Å². The zero-order valence-corrected chi connectivity index (χ0v) is 21.7. The smallest absolute Gasteiger partial charge is 0.242 e. The lowest BCUT2D eigenvalue weighted by molar-refractivity contribution is -0.139. The molecule has 0 heterocycles. The maximum atomic E-state index is 13.5. The Morgan fingerprint density at radius 2 is 1.62 bits per heavy atom. The zero-order chi connectivity index (χ0) is 24.5. The van der Waals surface area contributed by atoms with Gasteiger partial charge in [0.05, 0.1) is 5.75 Å². The summed E-state index contributed by atoms with van der Waals surface area (Å²) in [6, 6.07) is 21.6. The third kappa shape index (κ3) is 7.41. The number of hydrogen-bond acceptors (Lipinski definition) is 3. The molecule has 1 N–H and O–H groups in total. The first-order chi connectivity index (χ1) is 16.4. The number of likely N-dealkylation sites (N-methyl/N-ethyl adjacent to an activating group) is 1.